The minimum Gasteiger partial charge on any atom is -0.481 e. The molecule has 0 amide bonds. The molecule has 5 nitrogen and oxygen atoms in total. The van der Waals surface area contributed by atoms with Gasteiger partial charge in [-0.15, -0.1) is 0 Å². The van der Waals surface area contributed by atoms with Crippen LogP contribution in [0.2, 0.25) is 0 Å². The highest BCUT2D eigenvalue weighted by Gasteiger charge is 2.14. The predicted molar refractivity (Wildman–Crippen MR) is 51.6 cm³/mol. The molecule has 0 aromatic carbocycles. The van der Waals surface area contributed by atoms with Crippen molar-refractivity contribution in [2.45, 2.75) is 19.8 Å². The van der Waals surface area contributed by atoms with E-state index in [2.05, 4.69) is 4.98 Å². The summed E-state index contributed by atoms with van der Waals surface area (Å²) in [5, 5.41) is 17.2. The van der Waals surface area contributed by atoms with Crippen molar-refractivity contribution < 1.29 is 14.7 Å². The first-order valence-electron chi connectivity index (χ1n) is 4.38. The first-order valence-corrected chi connectivity index (χ1v) is 4.38. The summed E-state index contributed by atoms with van der Waals surface area (Å²) in [5.74, 6) is -0.925. The summed E-state index contributed by atoms with van der Waals surface area (Å²) < 4.78 is 0. The number of nitrogens with one attached hydrogen (secondary N) is 1. The maximum atomic E-state index is 10.7. The van der Waals surface area contributed by atoms with Gasteiger partial charge in [-0.25, -0.2) is 0 Å². The topological polar surface area (TPSA) is 94.0 Å². The fourth-order valence-electron chi connectivity index (χ4n) is 1.42. The lowest BCUT2D eigenvalue weighted by atomic mass is 10.1. The molecule has 0 atom stereocenters. The molecule has 0 aliphatic heterocycles. The van der Waals surface area contributed by atoms with Gasteiger partial charge >= 0.3 is 5.97 Å². The number of hydrogen-bond donors (Lipinski definition) is 2. The second-order valence-electron chi connectivity index (χ2n) is 3.14. The maximum Gasteiger partial charge on any atom is 0.303 e. The van der Waals surface area contributed by atoms with E-state index in [4.69, 9.17) is 10.4 Å². The highest BCUT2D eigenvalue weighted by Crippen LogP contribution is 2.18. The third kappa shape index (κ3) is 2.23. The van der Waals surface area contributed by atoms with E-state index in [1.807, 2.05) is 6.07 Å². The number of carbonyl (C=O) groups is 2. The van der Waals surface area contributed by atoms with E-state index in [9.17, 15) is 9.59 Å². The molecule has 2 N–H and O–H groups in total. The second kappa shape index (κ2) is 4.42. The van der Waals surface area contributed by atoms with Crippen molar-refractivity contribution in [3.8, 4) is 6.07 Å². The molecule has 0 aliphatic carbocycles. The summed E-state index contributed by atoms with van der Waals surface area (Å²) in [6, 6.07) is 1.92. The fraction of sp³-hybridized carbons (Fsp3) is 0.300. The van der Waals surface area contributed by atoms with Gasteiger partial charge in [0.15, 0.2) is 6.29 Å². The third-order valence-corrected chi connectivity index (χ3v) is 2.23. The predicted octanol–water partition coefficient (Wildman–Crippen LogP) is 1.02. The molecule has 1 heterocycles. The summed E-state index contributed by atoms with van der Waals surface area (Å²) in [4.78, 5) is 23.7. The van der Waals surface area contributed by atoms with E-state index in [1.54, 1.807) is 6.92 Å². The minimum atomic E-state index is -0.925. The molecule has 5 heteroatoms. The first kappa shape index (κ1) is 11.0. The number of aldehydes is 1. The van der Waals surface area contributed by atoms with Crippen LogP contribution in [0.3, 0.4) is 0 Å². The number of nitriles is 1. The molecule has 1 aromatic heterocycles. The van der Waals surface area contributed by atoms with E-state index in [-0.39, 0.29) is 12.8 Å². The number of aromatic nitrogens is 1. The average Bonchev–Trinajstić information content (AvgIpc) is 2.51. The Balaban J connectivity index is 3.04. The van der Waals surface area contributed by atoms with Crippen LogP contribution >= 0.6 is 0 Å². The molecule has 15 heavy (non-hydrogen) atoms. The summed E-state index contributed by atoms with van der Waals surface area (Å²) in [6.45, 7) is 1.69. The zero-order valence-electron chi connectivity index (χ0n) is 8.20. The van der Waals surface area contributed by atoms with Gasteiger partial charge in [-0.05, 0) is 24.5 Å². The van der Waals surface area contributed by atoms with E-state index in [1.165, 1.54) is 0 Å². The summed E-state index contributed by atoms with van der Waals surface area (Å²) in [5.41, 5.74) is 1.88. The zero-order chi connectivity index (χ0) is 11.4. The van der Waals surface area contributed by atoms with Crippen LogP contribution in [-0.2, 0) is 11.2 Å². The number of hydrogen-bond acceptors (Lipinski definition) is 3. The number of carboxylic acid groups (broad SMARTS) is 1. The second-order valence-corrected chi connectivity index (χ2v) is 3.14. The molecule has 0 radical (unpaired) electrons. The number of carboxylic acids is 1. The van der Waals surface area contributed by atoms with Crippen LogP contribution in [0.5, 0.6) is 0 Å². The number of carbonyl (C=O) groups excluding carboxylic acids is 1. The number of nitrogens with zero attached hydrogens (tertiary/aromatic N) is 1. The molecule has 0 spiro atoms. The van der Waals surface area contributed by atoms with Gasteiger partial charge in [0.05, 0.1) is 5.69 Å². The molecule has 1 rings (SSSR count). The average molecular weight is 206 g/mol. The Hall–Kier alpha value is -2.09. The molecule has 0 fully saturated rings. The maximum absolute atomic E-state index is 10.7. The normalized spacial score (nSPS) is 9.60. The van der Waals surface area contributed by atoms with Crippen LogP contribution in [0.1, 0.15) is 33.7 Å². The van der Waals surface area contributed by atoms with Crippen LogP contribution in [0.25, 0.3) is 0 Å². The fourth-order valence-corrected chi connectivity index (χ4v) is 1.42. The molecule has 78 valence electrons. The number of aliphatic carboxylic acids is 1. The molecule has 0 unspecified atom stereocenters. The third-order valence-electron chi connectivity index (χ3n) is 2.23. The van der Waals surface area contributed by atoms with Crippen LogP contribution in [-0.4, -0.2) is 22.3 Å². The van der Waals surface area contributed by atoms with Gasteiger partial charge in [-0.1, -0.05) is 0 Å². The van der Waals surface area contributed by atoms with Gasteiger partial charge in [0.25, 0.3) is 0 Å². The Morgan fingerprint density at radius 1 is 1.67 bits per heavy atom. The van der Waals surface area contributed by atoms with Gasteiger partial charge in [0, 0.05) is 6.42 Å². The van der Waals surface area contributed by atoms with Gasteiger partial charge in [-0.2, -0.15) is 5.26 Å². The number of H-pyrrole nitrogens is 1. The monoisotopic (exact) mass is 206 g/mol. The number of aromatic amines is 1. The Labute approximate surface area is 86.3 Å². The highest BCUT2D eigenvalue weighted by atomic mass is 16.4. The van der Waals surface area contributed by atoms with Crippen molar-refractivity contribution in [1.29, 1.82) is 5.26 Å². The SMILES string of the molecule is Cc1c(C#N)[nH]c(C=O)c1CCC(=O)O. The Morgan fingerprint density at radius 3 is 2.80 bits per heavy atom. The van der Waals surface area contributed by atoms with Crippen molar-refractivity contribution in [1.82, 2.24) is 4.98 Å². The standard InChI is InChI=1S/C10H10N2O3/c1-6-7(2-3-10(14)15)9(5-13)12-8(6)4-11/h5,12H,2-3H2,1H3,(H,14,15). The summed E-state index contributed by atoms with van der Waals surface area (Å²) >= 11 is 0. The minimum absolute atomic E-state index is 0.0512. The Bertz CT molecular complexity index is 440. The van der Waals surface area contributed by atoms with E-state index in [0.717, 1.165) is 0 Å². The zero-order valence-corrected chi connectivity index (χ0v) is 8.20. The van der Waals surface area contributed by atoms with Gasteiger partial charge < -0.3 is 10.1 Å². The molecule has 0 saturated heterocycles. The van der Waals surface area contributed by atoms with Crippen molar-refractivity contribution in [3.05, 3.63) is 22.5 Å². The van der Waals surface area contributed by atoms with Crippen molar-refractivity contribution in [2.75, 3.05) is 0 Å². The Kier molecular flexibility index (Phi) is 3.24. The molecule has 0 bridgehead atoms. The molecule has 0 saturated carbocycles. The molecular weight excluding hydrogens is 196 g/mol. The van der Waals surface area contributed by atoms with Crippen LogP contribution in [0.15, 0.2) is 0 Å². The largest absolute Gasteiger partial charge is 0.481 e. The van der Waals surface area contributed by atoms with E-state index < -0.39 is 5.97 Å². The summed E-state index contributed by atoms with van der Waals surface area (Å²) in [6.07, 6.45) is 0.808. The molecule has 0 aliphatic rings. The van der Waals surface area contributed by atoms with Gasteiger partial charge in [0.1, 0.15) is 11.8 Å². The molecular formula is C10H10N2O3. The van der Waals surface area contributed by atoms with Gasteiger partial charge in [-0.3, -0.25) is 9.59 Å². The van der Waals surface area contributed by atoms with Crippen molar-refractivity contribution >= 4 is 12.3 Å². The van der Waals surface area contributed by atoms with Crippen LogP contribution < -0.4 is 0 Å². The van der Waals surface area contributed by atoms with Crippen LogP contribution in [0, 0.1) is 18.3 Å². The first-order chi connectivity index (χ1) is 7.10. The Morgan fingerprint density at radius 2 is 2.33 bits per heavy atom. The lowest BCUT2D eigenvalue weighted by molar-refractivity contribution is -0.136. The number of rotatable bonds is 4. The lowest BCUT2D eigenvalue weighted by Gasteiger charge is -1.97. The summed E-state index contributed by atoms with van der Waals surface area (Å²) in [7, 11) is 0. The molecule has 1 aromatic rings. The highest BCUT2D eigenvalue weighted by molar-refractivity contribution is 5.77. The van der Waals surface area contributed by atoms with E-state index >= 15 is 0 Å². The van der Waals surface area contributed by atoms with E-state index in [0.29, 0.717) is 28.8 Å². The lowest BCUT2D eigenvalue weighted by Crippen LogP contribution is -2.00. The van der Waals surface area contributed by atoms with Crippen molar-refractivity contribution in [2.24, 2.45) is 0 Å². The quantitative estimate of drug-likeness (QED) is 0.719. The van der Waals surface area contributed by atoms with Crippen molar-refractivity contribution in [3.63, 3.8) is 0 Å². The van der Waals surface area contributed by atoms with Crippen LogP contribution in [0.4, 0.5) is 0 Å². The van der Waals surface area contributed by atoms with Gasteiger partial charge in [0.2, 0.25) is 0 Å². The smallest absolute Gasteiger partial charge is 0.303 e.